The summed E-state index contributed by atoms with van der Waals surface area (Å²) in [6.07, 6.45) is 1.25. The van der Waals surface area contributed by atoms with Gasteiger partial charge in [-0.3, -0.25) is 4.79 Å². The summed E-state index contributed by atoms with van der Waals surface area (Å²) in [4.78, 5) is 11.7. The zero-order chi connectivity index (χ0) is 12.5. The van der Waals surface area contributed by atoms with Gasteiger partial charge in [-0.05, 0) is 37.5 Å². The largest absolute Gasteiger partial charge is 0.322 e. The van der Waals surface area contributed by atoms with Crippen LogP contribution in [0.5, 0.6) is 0 Å². The van der Waals surface area contributed by atoms with Crippen molar-refractivity contribution in [3.05, 3.63) is 28.2 Å². The van der Waals surface area contributed by atoms with E-state index < -0.39 is 11.6 Å². The average Bonchev–Trinajstić information content (AvgIpc) is 2.28. The van der Waals surface area contributed by atoms with Crippen LogP contribution in [0.2, 0.25) is 0 Å². The highest BCUT2D eigenvalue weighted by Gasteiger charge is 2.44. The van der Waals surface area contributed by atoms with Crippen molar-refractivity contribution in [1.29, 1.82) is 5.26 Å². The first-order valence-electron chi connectivity index (χ1n) is 5.25. The zero-order valence-electron chi connectivity index (χ0n) is 8.96. The third kappa shape index (κ3) is 2.32. The van der Waals surface area contributed by atoms with E-state index in [0.29, 0.717) is 11.3 Å². The molecule has 0 atom stereocenters. The van der Waals surface area contributed by atoms with Gasteiger partial charge in [0.25, 0.3) is 5.91 Å². The third-order valence-electron chi connectivity index (χ3n) is 2.90. The SMILES string of the molecule is N#Cc1cc(Br)ccc1NC(=O)C1(F)CCC1. The highest BCUT2D eigenvalue weighted by atomic mass is 79.9. The number of halogens is 2. The van der Waals surface area contributed by atoms with Gasteiger partial charge in [0.05, 0.1) is 11.3 Å². The van der Waals surface area contributed by atoms with E-state index in [2.05, 4.69) is 21.2 Å². The fourth-order valence-electron chi connectivity index (χ4n) is 1.67. The van der Waals surface area contributed by atoms with E-state index in [9.17, 15) is 9.18 Å². The van der Waals surface area contributed by atoms with Crippen LogP contribution < -0.4 is 5.32 Å². The number of carbonyl (C=O) groups excluding carboxylic acids is 1. The van der Waals surface area contributed by atoms with Gasteiger partial charge in [-0.2, -0.15) is 5.26 Å². The van der Waals surface area contributed by atoms with Crippen molar-refractivity contribution in [3.63, 3.8) is 0 Å². The van der Waals surface area contributed by atoms with E-state index >= 15 is 0 Å². The first kappa shape index (κ1) is 12.1. The van der Waals surface area contributed by atoms with Gasteiger partial charge in [0.2, 0.25) is 0 Å². The van der Waals surface area contributed by atoms with E-state index in [1.54, 1.807) is 18.2 Å². The molecule has 0 heterocycles. The second-order valence-corrected chi connectivity index (χ2v) is 4.99. The maximum absolute atomic E-state index is 13.8. The highest BCUT2D eigenvalue weighted by molar-refractivity contribution is 9.10. The van der Waals surface area contributed by atoms with Crippen LogP contribution in [-0.4, -0.2) is 11.6 Å². The van der Waals surface area contributed by atoms with Crippen LogP contribution in [0, 0.1) is 11.3 Å². The van der Waals surface area contributed by atoms with Crippen molar-refractivity contribution in [2.24, 2.45) is 0 Å². The van der Waals surface area contributed by atoms with Crippen molar-refractivity contribution in [2.45, 2.75) is 24.9 Å². The van der Waals surface area contributed by atoms with Crippen LogP contribution in [-0.2, 0) is 4.79 Å². The van der Waals surface area contributed by atoms with Crippen molar-refractivity contribution >= 4 is 27.5 Å². The lowest BCUT2D eigenvalue weighted by Gasteiger charge is -2.32. The molecule has 1 aromatic carbocycles. The Kier molecular flexibility index (Phi) is 3.16. The predicted octanol–water partition coefficient (Wildman–Crippen LogP) is 3.15. The number of anilines is 1. The topological polar surface area (TPSA) is 52.9 Å². The minimum atomic E-state index is -1.75. The molecule has 1 amide bonds. The molecule has 0 unspecified atom stereocenters. The Balaban J connectivity index is 2.19. The smallest absolute Gasteiger partial charge is 0.262 e. The lowest BCUT2D eigenvalue weighted by Crippen LogP contribution is -2.44. The summed E-state index contributed by atoms with van der Waals surface area (Å²) in [5.74, 6) is -0.650. The number of rotatable bonds is 2. The van der Waals surface area contributed by atoms with Crippen LogP contribution >= 0.6 is 15.9 Å². The molecule has 88 valence electrons. The Morgan fingerprint density at radius 3 is 2.76 bits per heavy atom. The molecule has 2 rings (SSSR count). The van der Waals surface area contributed by atoms with E-state index in [1.807, 2.05) is 6.07 Å². The van der Waals surface area contributed by atoms with Crippen LogP contribution in [0.15, 0.2) is 22.7 Å². The maximum atomic E-state index is 13.8. The first-order valence-corrected chi connectivity index (χ1v) is 6.04. The fraction of sp³-hybridized carbons (Fsp3) is 0.333. The van der Waals surface area contributed by atoms with Crippen LogP contribution in [0.3, 0.4) is 0 Å². The van der Waals surface area contributed by atoms with Gasteiger partial charge in [0, 0.05) is 4.47 Å². The van der Waals surface area contributed by atoms with Gasteiger partial charge < -0.3 is 5.32 Å². The molecule has 3 nitrogen and oxygen atoms in total. The zero-order valence-corrected chi connectivity index (χ0v) is 10.6. The summed E-state index contributed by atoms with van der Waals surface area (Å²) in [5.41, 5.74) is -1.08. The van der Waals surface area contributed by atoms with Crippen molar-refractivity contribution in [2.75, 3.05) is 5.32 Å². The van der Waals surface area contributed by atoms with Gasteiger partial charge in [0.15, 0.2) is 5.67 Å². The van der Waals surface area contributed by atoms with Crippen molar-refractivity contribution in [1.82, 2.24) is 0 Å². The number of nitrogens with zero attached hydrogens (tertiary/aromatic N) is 1. The van der Waals surface area contributed by atoms with Gasteiger partial charge in [-0.1, -0.05) is 15.9 Å². The summed E-state index contributed by atoms with van der Waals surface area (Å²) in [6.45, 7) is 0. The Bertz CT molecular complexity index is 506. The normalized spacial score (nSPS) is 16.8. The summed E-state index contributed by atoms with van der Waals surface area (Å²) < 4.78 is 14.5. The van der Waals surface area contributed by atoms with E-state index in [1.165, 1.54) is 0 Å². The van der Waals surface area contributed by atoms with Crippen LogP contribution in [0.4, 0.5) is 10.1 Å². The molecule has 0 aliphatic heterocycles. The lowest BCUT2D eigenvalue weighted by molar-refractivity contribution is -0.132. The number of hydrogen-bond donors (Lipinski definition) is 1. The lowest BCUT2D eigenvalue weighted by atomic mass is 9.81. The number of benzene rings is 1. The van der Waals surface area contributed by atoms with Gasteiger partial charge in [-0.25, -0.2) is 4.39 Å². The van der Waals surface area contributed by atoms with Crippen LogP contribution in [0.1, 0.15) is 24.8 Å². The number of nitriles is 1. The summed E-state index contributed by atoms with van der Waals surface area (Å²) >= 11 is 3.23. The van der Waals surface area contributed by atoms with Gasteiger partial charge in [0.1, 0.15) is 6.07 Å². The molecule has 1 fully saturated rings. The predicted molar refractivity (Wildman–Crippen MR) is 65.2 cm³/mol. The molecule has 0 radical (unpaired) electrons. The monoisotopic (exact) mass is 296 g/mol. The molecule has 1 aliphatic rings. The van der Waals surface area contributed by atoms with Gasteiger partial charge >= 0.3 is 0 Å². The van der Waals surface area contributed by atoms with Crippen molar-refractivity contribution in [3.8, 4) is 6.07 Å². The second-order valence-electron chi connectivity index (χ2n) is 4.07. The molecule has 1 saturated carbocycles. The number of nitrogens with one attached hydrogen (secondary N) is 1. The number of amides is 1. The van der Waals surface area contributed by atoms with E-state index in [0.717, 1.165) is 10.9 Å². The summed E-state index contributed by atoms with van der Waals surface area (Å²) in [6, 6.07) is 6.83. The number of alkyl halides is 1. The molecule has 0 bridgehead atoms. The standard InChI is InChI=1S/C12H10BrFN2O/c13-9-2-3-10(8(6-9)7-15)16-11(17)12(14)4-1-5-12/h2-3,6H,1,4-5H2,(H,16,17). The third-order valence-corrected chi connectivity index (χ3v) is 3.40. The van der Waals surface area contributed by atoms with Crippen molar-refractivity contribution < 1.29 is 9.18 Å². The first-order chi connectivity index (χ1) is 8.05. The quantitative estimate of drug-likeness (QED) is 0.911. The van der Waals surface area contributed by atoms with Crippen LogP contribution in [0.25, 0.3) is 0 Å². The Morgan fingerprint density at radius 1 is 1.53 bits per heavy atom. The molecule has 0 aromatic heterocycles. The molecular formula is C12H10BrFN2O. The van der Waals surface area contributed by atoms with Gasteiger partial charge in [-0.15, -0.1) is 0 Å². The molecule has 1 N–H and O–H groups in total. The Morgan fingerprint density at radius 2 is 2.24 bits per heavy atom. The molecule has 5 heteroatoms. The molecule has 1 aromatic rings. The highest BCUT2D eigenvalue weighted by Crippen LogP contribution is 2.37. The molecule has 1 aliphatic carbocycles. The molecule has 17 heavy (non-hydrogen) atoms. The molecule has 0 spiro atoms. The number of hydrogen-bond acceptors (Lipinski definition) is 2. The minimum absolute atomic E-state index is 0.261. The number of carbonyl (C=O) groups is 1. The Labute approximate surface area is 107 Å². The summed E-state index contributed by atoms with van der Waals surface area (Å²) in [7, 11) is 0. The average molecular weight is 297 g/mol. The Hall–Kier alpha value is -1.41. The van der Waals surface area contributed by atoms with E-state index in [-0.39, 0.29) is 12.8 Å². The second kappa shape index (κ2) is 4.46. The molecular weight excluding hydrogens is 287 g/mol. The fourth-order valence-corrected chi connectivity index (χ4v) is 2.03. The summed E-state index contributed by atoms with van der Waals surface area (Å²) in [5, 5.41) is 11.4. The maximum Gasteiger partial charge on any atom is 0.262 e. The van der Waals surface area contributed by atoms with E-state index in [4.69, 9.17) is 5.26 Å². The molecule has 0 saturated heterocycles. The minimum Gasteiger partial charge on any atom is -0.322 e.